The molecule has 0 bridgehead atoms. The molecule has 0 saturated carbocycles. The number of nitrogens with two attached hydrogens (primary N) is 1. The monoisotopic (exact) mass is 296 g/mol. The molecule has 5 nitrogen and oxygen atoms in total. The highest BCUT2D eigenvalue weighted by molar-refractivity contribution is 5.75. The minimum Gasteiger partial charge on any atom is -0.444 e. The van der Waals surface area contributed by atoms with Gasteiger partial charge in [-0.3, -0.25) is 15.4 Å². The average molecular weight is 296 g/mol. The van der Waals surface area contributed by atoms with Crippen molar-refractivity contribution >= 4 is 5.97 Å². The lowest BCUT2D eigenvalue weighted by molar-refractivity contribution is -0.151. The molecule has 3 aliphatic heterocycles. The highest BCUT2D eigenvalue weighted by Crippen LogP contribution is 2.46. The molecule has 6 atom stereocenters. The van der Waals surface area contributed by atoms with Crippen LogP contribution in [-0.4, -0.2) is 46.4 Å². The van der Waals surface area contributed by atoms with E-state index < -0.39 is 5.72 Å². The summed E-state index contributed by atoms with van der Waals surface area (Å²) < 4.78 is 5.57. The Bertz CT molecular complexity index is 416. The minimum atomic E-state index is -0.797. The van der Waals surface area contributed by atoms with E-state index in [-0.39, 0.29) is 36.0 Å². The number of nitrogens with zero attached hydrogens (tertiary/aromatic N) is 1. The smallest absolute Gasteiger partial charge is 0.310 e. The van der Waals surface area contributed by atoms with E-state index in [1.165, 1.54) is 0 Å². The summed E-state index contributed by atoms with van der Waals surface area (Å²) in [7, 11) is 0. The number of carbonyl (C=O) groups is 1. The van der Waals surface area contributed by atoms with Crippen LogP contribution in [0.15, 0.2) is 0 Å². The topological polar surface area (TPSA) is 75.8 Å². The summed E-state index contributed by atoms with van der Waals surface area (Å²) in [6.45, 7) is 4.93. The van der Waals surface area contributed by atoms with E-state index in [0.29, 0.717) is 0 Å². The van der Waals surface area contributed by atoms with Crippen molar-refractivity contribution in [2.75, 3.05) is 6.54 Å². The van der Waals surface area contributed by atoms with Gasteiger partial charge in [-0.25, -0.2) is 0 Å². The van der Waals surface area contributed by atoms with Crippen LogP contribution in [0.4, 0.5) is 0 Å². The molecule has 0 amide bonds. The quantitative estimate of drug-likeness (QED) is 0.750. The second-order valence-electron chi connectivity index (χ2n) is 7.07. The number of rotatable bonds is 2. The van der Waals surface area contributed by atoms with Crippen molar-refractivity contribution in [2.45, 2.75) is 76.3 Å². The zero-order valence-electron chi connectivity index (χ0n) is 13.1. The maximum Gasteiger partial charge on any atom is 0.310 e. The van der Waals surface area contributed by atoms with Gasteiger partial charge < -0.3 is 9.84 Å². The zero-order chi connectivity index (χ0) is 15.2. The number of aliphatic hydroxyl groups is 1. The third kappa shape index (κ3) is 2.39. The molecular weight excluding hydrogens is 268 g/mol. The molecule has 0 spiro atoms. The first-order chi connectivity index (χ1) is 9.98. The van der Waals surface area contributed by atoms with Gasteiger partial charge in [0.1, 0.15) is 0 Å². The van der Waals surface area contributed by atoms with Crippen molar-refractivity contribution in [1.82, 2.24) is 4.90 Å². The molecule has 0 unspecified atom stereocenters. The molecule has 0 aliphatic carbocycles. The predicted molar refractivity (Wildman–Crippen MR) is 79.3 cm³/mol. The summed E-state index contributed by atoms with van der Waals surface area (Å²) in [5, 5.41) is 10.4. The lowest BCUT2D eigenvalue weighted by Crippen LogP contribution is -2.58. The highest BCUT2D eigenvalue weighted by atomic mass is 16.6. The molecule has 3 aliphatic rings. The fourth-order valence-corrected chi connectivity index (χ4v) is 4.85. The molecule has 120 valence electrons. The largest absolute Gasteiger partial charge is 0.444 e. The first kappa shape index (κ1) is 15.3. The van der Waals surface area contributed by atoms with Crippen LogP contribution < -0.4 is 5.73 Å². The Kier molecular flexibility index (Phi) is 4.01. The Morgan fingerprint density at radius 3 is 2.95 bits per heavy atom. The Hall–Kier alpha value is -0.650. The van der Waals surface area contributed by atoms with Crippen molar-refractivity contribution in [2.24, 2.45) is 17.6 Å². The average Bonchev–Trinajstić information content (AvgIpc) is 2.60. The summed E-state index contributed by atoms with van der Waals surface area (Å²) in [6.07, 6.45) is 5.34. The second-order valence-corrected chi connectivity index (χ2v) is 7.07. The van der Waals surface area contributed by atoms with Crippen LogP contribution in [0.5, 0.6) is 0 Å². The van der Waals surface area contributed by atoms with Crippen molar-refractivity contribution in [1.29, 1.82) is 0 Å². The van der Waals surface area contributed by atoms with Crippen LogP contribution in [0.2, 0.25) is 0 Å². The van der Waals surface area contributed by atoms with Crippen LogP contribution in [0.25, 0.3) is 0 Å². The maximum atomic E-state index is 12.0. The zero-order valence-corrected chi connectivity index (χ0v) is 13.1. The number of aliphatic hydroxyl groups excluding tert-OH is 1. The van der Waals surface area contributed by atoms with Crippen LogP contribution in [0, 0.1) is 11.8 Å². The Morgan fingerprint density at radius 1 is 1.48 bits per heavy atom. The van der Waals surface area contributed by atoms with Crippen LogP contribution >= 0.6 is 0 Å². The van der Waals surface area contributed by atoms with Gasteiger partial charge in [0, 0.05) is 24.4 Å². The SMILES string of the molecule is CC[C@H](O)[C@@H]1CCC[C@@H]2[C@@H]3[C@@H](C)C(=O)O[C@@]3(N)CCCN21. The van der Waals surface area contributed by atoms with Crippen LogP contribution in [0.1, 0.15) is 52.4 Å². The van der Waals surface area contributed by atoms with E-state index in [1.54, 1.807) is 0 Å². The summed E-state index contributed by atoms with van der Waals surface area (Å²) in [6, 6.07) is 0.470. The van der Waals surface area contributed by atoms with Gasteiger partial charge in [0.15, 0.2) is 5.72 Å². The highest BCUT2D eigenvalue weighted by Gasteiger charge is 2.57. The number of fused-ring (bicyclic) bond motifs is 3. The van der Waals surface area contributed by atoms with Gasteiger partial charge in [-0.05, 0) is 32.2 Å². The van der Waals surface area contributed by atoms with Gasteiger partial charge in [0.05, 0.1) is 12.0 Å². The molecule has 21 heavy (non-hydrogen) atoms. The van der Waals surface area contributed by atoms with E-state index in [2.05, 4.69) is 4.90 Å². The molecular formula is C16H28N2O3. The standard InChI is InChI=1S/C16H28N2O3/c1-3-13(19)11-6-4-7-12-14-10(2)15(20)21-16(14,17)8-5-9-18(11)12/h10-14,19H,3-9,17H2,1-2H3/t10-,11+,12-,13+,14+,16+/m1/s1. The van der Waals surface area contributed by atoms with E-state index in [9.17, 15) is 9.90 Å². The molecule has 3 saturated heterocycles. The normalized spacial score (nSPS) is 45.4. The number of ether oxygens (including phenoxy) is 1. The van der Waals surface area contributed by atoms with Crippen LogP contribution in [0.3, 0.4) is 0 Å². The maximum absolute atomic E-state index is 12.0. The molecule has 3 heterocycles. The lowest BCUT2D eigenvalue weighted by Gasteiger charge is -2.47. The lowest BCUT2D eigenvalue weighted by atomic mass is 9.76. The summed E-state index contributed by atoms with van der Waals surface area (Å²) in [5.74, 6) is -0.236. The van der Waals surface area contributed by atoms with Crippen molar-refractivity contribution in [3.63, 3.8) is 0 Å². The number of carbonyl (C=O) groups excluding carboxylic acids is 1. The first-order valence-electron chi connectivity index (χ1n) is 8.43. The van der Waals surface area contributed by atoms with E-state index in [4.69, 9.17) is 10.5 Å². The molecule has 5 heteroatoms. The fourth-order valence-electron chi connectivity index (χ4n) is 4.85. The summed E-state index contributed by atoms with van der Waals surface area (Å²) >= 11 is 0. The van der Waals surface area contributed by atoms with Gasteiger partial charge in [0.2, 0.25) is 0 Å². The summed E-state index contributed by atoms with van der Waals surface area (Å²) in [5.41, 5.74) is 5.68. The van der Waals surface area contributed by atoms with Gasteiger partial charge in [0.25, 0.3) is 0 Å². The molecule has 3 N–H and O–H groups in total. The second kappa shape index (κ2) is 5.52. The summed E-state index contributed by atoms with van der Waals surface area (Å²) in [4.78, 5) is 14.5. The fraction of sp³-hybridized carbons (Fsp3) is 0.938. The van der Waals surface area contributed by atoms with Gasteiger partial charge in [-0.2, -0.15) is 0 Å². The Balaban J connectivity index is 1.91. The van der Waals surface area contributed by atoms with Gasteiger partial charge in [-0.1, -0.05) is 20.3 Å². The number of piperidine rings is 1. The van der Waals surface area contributed by atoms with E-state index >= 15 is 0 Å². The van der Waals surface area contributed by atoms with Crippen LogP contribution in [-0.2, 0) is 9.53 Å². The van der Waals surface area contributed by atoms with E-state index in [1.807, 2.05) is 13.8 Å². The van der Waals surface area contributed by atoms with E-state index in [0.717, 1.165) is 45.1 Å². The molecule has 3 rings (SSSR count). The number of hydrogen-bond donors (Lipinski definition) is 2. The third-order valence-corrected chi connectivity index (χ3v) is 5.88. The first-order valence-corrected chi connectivity index (χ1v) is 8.43. The van der Waals surface area contributed by atoms with Crippen molar-refractivity contribution in [3.05, 3.63) is 0 Å². The predicted octanol–water partition coefficient (Wildman–Crippen LogP) is 1.24. The van der Waals surface area contributed by atoms with Crippen molar-refractivity contribution in [3.8, 4) is 0 Å². The molecule has 3 fully saturated rings. The Labute approximate surface area is 126 Å². The van der Waals surface area contributed by atoms with Gasteiger partial charge in [-0.15, -0.1) is 0 Å². The van der Waals surface area contributed by atoms with Gasteiger partial charge >= 0.3 is 5.97 Å². The number of esters is 1. The molecule has 0 aromatic heterocycles. The number of hydrogen-bond acceptors (Lipinski definition) is 5. The molecule has 0 aromatic rings. The Morgan fingerprint density at radius 2 is 2.24 bits per heavy atom. The van der Waals surface area contributed by atoms with Crippen molar-refractivity contribution < 1.29 is 14.6 Å². The minimum absolute atomic E-state index is 0.0550. The molecule has 0 aromatic carbocycles. The molecule has 0 radical (unpaired) electrons. The third-order valence-electron chi connectivity index (χ3n) is 5.88.